The van der Waals surface area contributed by atoms with Crippen LogP contribution in [0.1, 0.15) is 0 Å². The normalized spacial score (nSPS) is 9.83. The van der Waals surface area contributed by atoms with E-state index in [1.165, 1.54) is 4.57 Å². The Morgan fingerprint density at radius 2 is 2.50 bits per heavy atom. The summed E-state index contributed by atoms with van der Waals surface area (Å²) in [6, 6.07) is 1.57. The van der Waals surface area contributed by atoms with Crippen molar-refractivity contribution in [2.45, 2.75) is 0 Å². The van der Waals surface area contributed by atoms with Crippen LogP contribution >= 0.6 is 0 Å². The first-order chi connectivity index (χ1) is 5.74. The molecule has 0 aliphatic carbocycles. The van der Waals surface area contributed by atoms with Crippen LogP contribution in [-0.4, -0.2) is 27.9 Å². The quantitative estimate of drug-likeness (QED) is 0.641. The first-order valence-electron chi connectivity index (χ1n) is 3.51. The fourth-order valence-corrected chi connectivity index (χ4v) is 0.680. The molecular weight excluding hydrogens is 160 g/mol. The van der Waals surface area contributed by atoms with E-state index in [0.29, 0.717) is 0 Å². The summed E-state index contributed by atoms with van der Waals surface area (Å²) in [5.74, 6) is 0.243. The number of aliphatic hydroxyl groups excluding tert-OH is 1. The van der Waals surface area contributed by atoms with E-state index in [2.05, 4.69) is 4.98 Å². The van der Waals surface area contributed by atoms with Gasteiger partial charge in [-0.25, -0.2) is 4.79 Å². The molecule has 1 rings (SSSR count). The van der Waals surface area contributed by atoms with Crippen molar-refractivity contribution < 1.29 is 9.84 Å². The molecule has 5 nitrogen and oxygen atoms in total. The number of aromatic nitrogens is 2. The van der Waals surface area contributed by atoms with Gasteiger partial charge in [-0.15, -0.1) is 0 Å². The van der Waals surface area contributed by atoms with Crippen molar-refractivity contribution in [2.24, 2.45) is 7.05 Å². The Kier molecular flexibility index (Phi) is 2.82. The van der Waals surface area contributed by atoms with Gasteiger partial charge in [-0.1, -0.05) is 0 Å². The lowest BCUT2D eigenvalue weighted by Crippen LogP contribution is -2.19. The van der Waals surface area contributed by atoms with Gasteiger partial charge in [-0.05, 0) is 0 Å². The van der Waals surface area contributed by atoms with E-state index in [4.69, 9.17) is 9.84 Å². The zero-order valence-corrected chi connectivity index (χ0v) is 6.73. The van der Waals surface area contributed by atoms with Gasteiger partial charge < -0.3 is 14.4 Å². The number of hydrogen-bond donors (Lipinski definition) is 1. The Morgan fingerprint density at radius 3 is 3.08 bits per heavy atom. The Hall–Kier alpha value is -1.36. The highest BCUT2D eigenvalue weighted by Gasteiger charge is 1.96. The number of hydrogen-bond acceptors (Lipinski definition) is 4. The molecule has 0 fully saturated rings. The fourth-order valence-electron chi connectivity index (χ4n) is 0.680. The first-order valence-corrected chi connectivity index (χ1v) is 3.51. The number of ether oxygens (including phenoxy) is 1. The monoisotopic (exact) mass is 170 g/mol. The molecule has 0 unspecified atom stereocenters. The van der Waals surface area contributed by atoms with Crippen molar-refractivity contribution in [3.05, 3.63) is 22.7 Å². The van der Waals surface area contributed by atoms with E-state index in [0.717, 1.165) is 0 Å². The predicted octanol–water partition coefficient (Wildman–Crippen LogP) is -0.849. The van der Waals surface area contributed by atoms with Gasteiger partial charge in [-0.2, -0.15) is 4.98 Å². The number of nitrogens with zero attached hydrogens (tertiary/aromatic N) is 2. The highest BCUT2D eigenvalue weighted by atomic mass is 16.5. The minimum Gasteiger partial charge on any atom is -0.475 e. The molecule has 0 atom stereocenters. The smallest absolute Gasteiger partial charge is 0.350 e. The van der Waals surface area contributed by atoms with E-state index in [1.54, 1.807) is 19.3 Å². The third kappa shape index (κ3) is 2.06. The van der Waals surface area contributed by atoms with Crippen molar-refractivity contribution >= 4 is 0 Å². The van der Waals surface area contributed by atoms with Gasteiger partial charge in [0.2, 0.25) is 5.88 Å². The molecule has 12 heavy (non-hydrogen) atoms. The van der Waals surface area contributed by atoms with Gasteiger partial charge in [0.15, 0.2) is 0 Å². The third-order valence-electron chi connectivity index (χ3n) is 1.29. The summed E-state index contributed by atoms with van der Waals surface area (Å²) >= 11 is 0. The zero-order chi connectivity index (χ0) is 8.97. The van der Waals surface area contributed by atoms with Crippen LogP contribution in [0.2, 0.25) is 0 Å². The van der Waals surface area contributed by atoms with Crippen molar-refractivity contribution in [3.63, 3.8) is 0 Å². The van der Waals surface area contributed by atoms with E-state index in [-0.39, 0.29) is 24.8 Å². The van der Waals surface area contributed by atoms with Crippen LogP contribution < -0.4 is 10.4 Å². The van der Waals surface area contributed by atoms with Crippen molar-refractivity contribution in [1.29, 1.82) is 0 Å². The molecule has 1 heterocycles. The van der Waals surface area contributed by atoms with Crippen LogP contribution in [0, 0.1) is 0 Å². The van der Waals surface area contributed by atoms with Crippen LogP contribution in [0.4, 0.5) is 0 Å². The van der Waals surface area contributed by atoms with E-state index < -0.39 is 0 Å². The lowest BCUT2D eigenvalue weighted by atomic mass is 10.6. The molecule has 0 saturated carbocycles. The zero-order valence-electron chi connectivity index (χ0n) is 6.73. The molecule has 0 amide bonds. The molecule has 0 radical (unpaired) electrons. The first kappa shape index (κ1) is 8.73. The Bertz CT molecular complexity index is 308. The van der Waals surface area contributed by atoms with E-state index in [1.807, 2.05) is 0 Å². The predicted molar refractivity (Wildman–Crippen MR) is 42.1 cm³/mol. The van der Waals surface area contributed by atoms with Gasteiger partial charge in [0.25, 0.3) is 0 Å². The van der Waals surface area contributed by atoms with Crippen molar-refractivity contribution in [2.75, 3.05) is 13.2 Å². The summed E-state index contributed by atoms with van der Waals surface area (Å²) in [7, 11) is 1.60. The molecule has 66 valence electrons. The molecule has 0 aliphatic rings. The molecule has 0 aromatic carbocycles. The summed E-state index contributed by atoms with van der Waals surface area (Å²) in [4.78, 5) is 14.5. The largest absolute Gasteiger partial charge is 0.475 e. The molecule has 0 bridgehead atoms. The summed E-state index contributed by atoms with van der Waals surface area (Å²) < 4.78 is 6.26. The summed E-state index contributed by atoms with van der Waals surface area (Å²) in [6.07, 6.45) is 1.56. The van der Waals surface area contributed by atoms with Gasteiger partial charge in [0.05, 0.1) is 6.61 Å². The number of aryl methyl sites for hydroxylation is 1. The second-order valence-corrected chi connectivity index (χ2v) is 2.23. The molecule has 1 N–H and O–H groups in total. The average molecular weight is 170 g/mol. The standard InChI is InChI=1S/C7H10N2O3/c1-9-3-2-6(8-7(9)11)12-5-4-10/h2-3,10H,4-5H2,1H3. The van der Waals surface area contributed by atoms with Gasteiger partial charge >= 0.3 is 5.69 Å². The lowest BCUT2D eigenvalue weighted by molar-refractivity contribution is 0.196. The van der Waals surface area contributed by atoms with Gasteiger partial charge in [0.1, 0.15) is 6.61 Å². The summed E-state index contributed by atoms with van der Waals surface area (Å²) in [5, 5.41) is 8.42. The lowest BCUT2D eigenvalue weighted by Gasteiger charge is -2.02. The van der Waals surface area contributed by atoms with E-state index >= 15 is 0 Å². The van der Waals surface area contributed by atoms with Crippen LogP contribution in [0.25, 0.3) is 0 Å². The highest BCUT2D eigenvalue weighted by Crippen LogP contribution is 1.99. The maximum Gasteiger partial charge on any atom is 0.350 e. The molecular formula is C7H10N2O3. The molecule has 0 aliphatic heterocycles. The van der Waals surface area contributed by atoms with Gasteiger partial charge in [-0.3, -0.25) is 0 Å². The minimum atomic E-state index is -0.370. The van der Waals surface area contributed by atoms with Crippen LogP contribution in [0.15, 0.2) is 17.1 Å². The van der Waals surface area contributed by atoms with Gasteiger partial charge in [0, 0.05) is 19.3 Å². The molecule has 5 heteroatoms. The average Bonchev–Trinajstić information content (AvgIpc) is 2.07. The number of aliphatic hydroxyl groups is 1. The molecule has 1 aromatic rings. The third-order valence-corrected chi connectivity index (χ3v) is 1.29. The summed E-state index contributed by atoms with van der Waals surface area (Å²) in [5.41, 5.74) is -0.370. The molecule has 0 spiro atoms. The minimum absolute atomic E-state index is 0.0864. The van der Waals surface area contributed by atoms with E-state index in [9.17, 15) is 4.79 Å². The van der Waals surface area contributed by atoms with Crippen LogP contribution in [-0.2, 0) is 7.05 Å². The topological polar surface area (TPSA) is 64.3 Å². The fraction of sp³-hybridized carbons (Fsp3) is 0.429. The Labute approximate surface area is 69.2 Å². The highest BCUT2D eigenvalue weighted by molar-refractivity contribution is 5.05. The molecule has 1 aromatic heterocycles. The SMILES string of the molecule is Cn1ccc(OCCO)nc1=O. The Morgan fingerprint density at radius 1 is 1.75 bits per heavy atom. The second-order valence-electron chi connectivity index (χ2n) is 2.23. The maximum absolute atomic E-state index is 10.9. The van der Waals surface area contributed by atoms with Crippen LogP contribution in [0.3, 0.4) is 0 Å². The summed E-state index contributed by atoms with van der Waals surface area (Å²) in [6.45, 7) is 0.0665. The second kappa shape index (κ2) is 3.87. The van der Waals surface area contributed by atoms with Crippen molar-refractivity contribution in [1.82, 2.24) is 9.55 Å². The maximum atomic E-state index is 10.9. The molecule has 0 saturated heterocycles. The number of rotatable bonds is 3. The van der Waals surface area contributed by atoms with Crippen molar-refractivity contribution in [3.8, 4) is 5.88 Å². The Balaban J connectivity index is 2.76. The van der Waals surface area contributed by atoms with Crippen LogP contribution in [0.5, 0.6) is 5.88 Å².